The molecule has 3 atom stereocenters. The van der Waals surface area contributed by atoms with Crippen molar-refractivity contribution in [2.24, 2.45) is 5.11 Å². The predicted octanol–water partition coefficient (Wildman–Crippen LogP) is 3.50. The second-order valence-electron chi connectivity index (χ2n) is 5.99. The number of carbonyl (C=O) groups excluding carboxylic acids is 2. The van der Waals surface area contributed by atoms with Crippen LogP contribution in [0.5, 0.6) is 0 Å². The van der Waals surface area contributed by atoms with E-state index in [2.05, 4.69) is 10.0 Å². The summed E-state index contributed by atoms with van der Waals surface area (Å²) in [6, 6.07) is 16.1. The van der Waals surface area contributed by atoms with E-state index in [4.69, 9.17) is 10.3 Å². The summed E-state index contributed by atoms with van der Waals surface area (Å²) in [4.78, 5) is 29.2. The number of β-lactam (4-membered cyclic amide) rings is 1. The number of azide groups is 1. The minimum atomic E-state index is -0.903. The van der Waals surface area contributed by atoms with Crippen molar-refractivity contribution in [3.63, 3.8) is 0 Å². The summed E-state index contributed by atoms with van der Waals surface area (Å²) in [5.41, 5.74) is 10.4. The third-order valence-corrected chi connectivity index (χ3v) is 4.43. The molecule has 7 nitrogen and oxygen atoms in total. The maximum atomic E-state index is 12.6. The van der Waals surface area contributed by atoms with Crippen LogP contribution in [0, 0.1) is 0 Å². The standard InChI is InChI=1S/C20H18N4O3/c1-27-20(26)18(15-10-6-3-7-11-15)24-16(17(19(24)25)22-23-21)13-12-14-8-4-2-5-9-14/h2-13,16-18H,1H3/t16-,17-,18?/m1/s1. The smallest absolute Gasteiger partial charge is 0.333 e. The van der Waals surface area contributed by atoms with Crippen molar-refractivity contribution in [3.05, 3.63) is 88.3 Å². The van der Waals surface area contributed by atoms with Crippen molar-refractivity contribution in [1.82, 2.24) is 4.90 Å². The molecule has 27 heavy (non-hydrogen) atoms. The van der Waals surface area contributed by atoms with Crippen LogP contribution in [0.1, 0.15) is 17.2 Å². The highest BCUT2D eigenvalue weighted by Gasteiger charge is 2.51. The van der Waals surface area contributed by atoms with E-state index in [9.17, 15) is 9.59 Å². The first-order valence-corrected chi connectivity index (χ1v) is 8.39. The Hall–Kier alpha value is -3.57. The summed E-state index contributed by atoms with van der Waals surface area (Å²) in [6.45, 7) is 0. The van der Waals surface area contributed by atoms with Crippen LogP contribution in [0.4, 0.5) is 0 Å². The molecule has 0 saturated carbocycles. The number of ether oxygens (including phenoxy) is 1. The number of nitrogens with zero attached hydrogens (tertiary/aromatic N) is 4. The third-order valence-electron chi connectivity index (χ3n) is 4.43. The number of amides is 1. The predicted molar refractivity (Wildman–Crippen MR) is 100 cm³/mol. The molecule has 0 N–H and O–H groups in total. The molecular formula is C20H18N4O3. The Bertz CT molecular complexity index is 892. The number of methoxy groups -OCH3 is 1. The van der Waals surface area contributed by atoms with Crippen LogP contribution in [0.3, 0.4) is 0 Å². The van der Waals surface area contributed by atoms with E-state index in [0.29, 0.717) is 5.56 Å². The van der Waals surface area contributed by atoms with Crippen LogP contribution in [0.25, 0.3) is 16.5 Å². The molecule has 0 aromatic heterocycles. The van der Waals surface area contributed by atoms with E-state index in [1.807, 2.05) is 42.5 Å². The lowest BCUT2D eigenvalue weighted by Crippen LogP contribution is -2.65. The minimum absolute atomic E-state index is 0.408. The van der Waals surface area contributed by atoms with Crippen LogP contribution in [-0.2, 0) is 14.3 Å². The van der Waals surface area contributed by atoms with Gasteiger partial charge in [-0.25, -0.2) is 4.79 Å². The minimum Gasteiger partial charge on any atom is -0.467 e. The summed E-state index contributed by atoms with van der Waals surface area (Å²) in [7, 11) is 1.28. The topological polar surface area (TPSA) is 95.4 Å². The molecular weight excluding hydrogens is 344 g/mol. The molecule has 0 aliphatic carbocycles. The summed E-state index contributed by atoms with van der Waals surface area (Å²) in [5.74, 6) is -0.957. The lowest BCUT2D eigenvalue weighted by Gasteiger charge is -2.47. The van der Waals surface area contributed by atoms with Gasteiger partial charge in [-0.15, -0.1) is 0 Å². The average molecular weight is 362 g/mol. The van der Waals surface area contributed by atoms with Gasteiger partial charge in [0.05, 0.1) is 13.2 Å². The zero-order valence-corrected chi connectivity index (χ0v) is 14.7. The van der Waals surface area contributed by atoms with Gasteiger partial charge in [0.2, 0.25) is 5.91 Å². The number of rotatable bonds is 6. The zero-order chi connectivity index (χ0) is 19.2. The fraction of sp³-hybridized carbons (Fsp3) is 0.200. The van der Waals surface area contributed by atoms with Crippen LogP contribution in [0.15, 0.2) is 71.9 Å². The first kappa shape index (κ1) is 18.2. The highest BCUT2D eigenvalue weighted by atomic mass is 16.5. The monoisotopic (exact) mass is 362 g/mol. The van der Waals surface area contributed by atoms with E-state index in [0.717, 1.165) is 5.56 Å². The van der Waals surface area contributed by atoms with Gasteiger partial charge in [0.25, 0.3) is 0 Å². The normalized spacial score (nSPS) is 19.9. The lowest BCUT2D eigenvalue weighted by atomic mass is 9.89. The third kappa shape index (κ3) is 3.68. The van der Waals surface area contributed by atoms with Gasteiger partial charge in [0, 0.05) is 4.91 Å². The quantitative estimate of drug-likeness (QED) is 0.259. The van der Waals surface area contributed by atoms with Gasteiger partial charge in [-0.3, -0.25) is 4.79 Å². The molecule has 1 aliphatic heterocycles. The highest BCUT2D eigenvalue weighted by molar-refractivity contribution is 5.95. The Balaban J connectivity index is 1.96. The molecule has 136 valence electrons. The molecule has 3 rings (SSSR count). The number of likely N-dealkylation sites (tertiary alicyclic amines) is 1. The van der Waals surface area contributed by atoms with Gasteiger partial charge in [0.1, 0.15) is 6.04 Å². The van der Waals surface area contributed by atoms with Crippen molar-refractivity contribution in [2.75, 3.05) is 7.11 Å². The van der Waals surface area contributed by atoms with Crippen molar-refractivity contribution in [1.29, 1.82) is 0 Å². The van der Waals surface area contributed by atoms with E-state index < -0.39 is 30.0 Å². The van der Waals surface area contributed by atoms with Crippen LogP contribution < -0.4 is 0 Å². The van der Waals surface area contributed by atoms with Crippen molar-refractivity contribution < 1.29 is 14.3 Å². The van der Waals surface area contributed by atoms with E-state index in [-0.39, 0.29) is 0 Å². The van der Waals surface area contributed by atoms with Gasteiger partial charge in [-0.1, -0.05) is 77.9 Å². The number of carbonyl (C=O) groups is 2. The average Bonchev–Trinajstić information content (AvgIpc) is 2.72. The van der Waals surface area contributed by atoms with E-state index >= 15 is 0 Å². The maximum Gasteiger partial charge on any atom is 0.333 e. The summed E-state index contributed by atoms with van der Waals surface area (Å²) in [5, 5.41) is 3.60. The first-order valence-electron chi connectivity index (χ1n) is 8.39. The summed E-state index contributed by atoms with van der Waals surface area (Å²) >= 11 is 0. The van der Waals surface area contributed by atoms with Crippen molar-refractivity contribution in [2.45, 2.75) is 18.1 Å². The summed E-state index contributed by atoms with van der Waals surface area (Å²) in [6.07, 6.45) is 3.61. The Labute approximate surface area is 156 Å². The van der Waals surface area contributed by atoms with E-state index in [1.54, 1.807) is 30.3 Å². The largest absolute Gasteiger partial charge is 0.467 e. The molecule has 7 heteroatoms. The van der Waals surface area contributed by atoms with Crippen LogP contribution in [0.2, 0.25) is 0 Å². The SMILES string of the molecule is COC(=O)C(c1ccccc1)N1C(=O)[C@H](N=[N+]=[N-])[C@H]1C=Cc1ccccc1. The molecule has 2 aromatic rings. The van der Waals surface area contributed by atoms with Crippen molar-refractivity contribution in [3.8, 4) is 0 Å². The van der Waals surface area contributed by atoms with Gasteiger partial charge < -0.3 is 9.64 Å². The van der Waals surface area contributed by atoms with Gasteiger partial charge in [0.15, 0.2) is 6.04 Å². The highest BCUT2D eigenvalue weighted by Crippen LogP contribution is 2.35. The Morgan fingerprint density at radius 1 is 1.19 bits per heavy atom. The second kappa shape index (κ2) is 8.21. The van der Waals surface area contributed by atoms with Gasteiger partial charge in [-0.2, -0.15) is 0 Å². The van der Waals surface area contributed by atoms with Gasteiger partial charge in [-0.05, 0) is 16.7 Å². The number of hydrogen-bond donors (Lipinski definition) is 0. The molecule has 2 aromatic carbocycles. The molecule has 1 heterocycles. The Morgan fingerprint density at radius 3 is 2.41 bits per heavy atom. The number of benzene rings is 2. The molecule has 1 amide bonds. The molecule has 1 unspecified atom stereocenters. The first-order chi connectivity index (χ1) is 13.2. The molecule has 1 aliphatic rings. The molecule has 0 radical (unpaired) electrons. The lowest BCUT2D eigenvalue weighted by molar-refractivity contribution is -0.163. The van der Waals surface area contributed by atoms with Gasteiger partial charge >= 0.3 is 5.97 Å². The van der Waals surface area contributed by atoms with E-state index in [1.165, 1.54) is 12.0 Å². The Kier molecular flexibility index (Phi) is 5.54. The summed E-state index contributed by atoms with van der Waals surface area (Å²) < 4.78 is 4.92. The fourth-order valence-corrected chi connectivity index (χ4v) is 3.12. The second-order valence-corrected chi connectivity index (χ2v) is 5.99. The van der Waals surface area contributed by atoms with Crippen molar-refractivity contribution >= 4 is 18.0 Å². The number of hydrogen-bond acceptors (Lipinski definition) is 4. The Morgan fingerprint density at radius 2 is 1.81 bits per heavy atom. The maximum absolute atomic E-state index is 12.6. The molecule has 1 fully saturated rings. The number of esters is 1. The fourth-order valence-electron chi connectivity index (χ4n) is 3.12. The molecule has 0 spiro atoms. The van der Waals surface area contributed by atoms with Crippen LogP contribution >= 0.6 is 0 Å². The zero-order valence-electron chi connectivity index (χ0n) is 14.7. The molecule has 1 saturated heterocycles. The van der Waals surface area contributed by atoms with Crippen LogP contribution in [-0.4, -0.2) is 36.0 Å². The molecule has 0 bridgehead atoms.